The van der Waals surface area contributed by atoms with Crippen LogP contribution in [0.25, 0.3) is 11.2 Å². The van der Waals surface area contributed by atoms with Crippen LogP contribution in [0, 0.1) is 0 Å². The van der Waals surface area contributed by atoms with E-state index in [2.05, 4.69) is 21.9 Å². The third kappa shape index (κ3) is 3.45. The average molecular weight is 277 g/mol. The molecule has 6 heteroatoms. The molecule has 110 valence electrons. The van der Waals surface area contributed by atoms with Crippen molar-refractivity contribution < 1.29 is 5.11 Å². The lowest BCUT2D eigenvalue weighted by atomic mass is 10.1. The van der Waals surface area contributed by atoms with E-state index in [-0.39, 0.29) is 0 Å². The van der Waals surface area contributed by atoms with Gasteiger partial charge in [0.05, 0.1) is 6.33 Å². The van der Waals surface area contributed by atoms with Crippen molar-refractivity contribution in [1.29, 1.82) is 0 Å². The summed E-state index contributed by atoms with van der Waals surface area (Å²) in [4.78, 5) is 12.1. The molecule has 2 heterocycles. The van der Waals surface area contributed by atoms with Gasteiger partial charge < -0.3 is 10.8 Å². The van der Waals surface area contributed by atoms with Crippen molar-refractivity contribution in [2.24, 2.45) is 0 Å². The first kappa shape index (κ1) is 14.7. The summed E-state index contributed by atoms with van der Waals surface area (Å²) in [5.74, 6) is 0.356. The van der Waals surface area contributed by atoms with Crippen molar-refractivity contribution in [3.63, 3.8) is 0 Å². The van der Waals surface area contributed by atoms with E-state index in [9.17, 15) is 5.11 Å². The number of aromatic nitrogens is 4. The Labute approximate surface area is 119 Å². The van der Waals surface area contributed by atoms with Gasteiger partial charge in [0.2, 0.25) is 0 Å². The van der Waals surface area contributed by atoms with Crippen molar-refractivity contribution in [1.82, 2.24) is 19.5 Å². The molecule has 0 saturated carbocycles. The number of hydrogen-bond donors (Lipinski definition) is 2. The van der Waals surface area contributed by atoms with Gasteiger partial charge in [0.1, 0.15) is 18.1 Å². The average Bonchev–Trinajstić information content (AvgIpc) is 2.88. The van der Waals surface area contributed by atoms with Crippen LogP contribution in [-0.4, -0.2) is 24.6 Å². The van der Waals surface area contributed by atoms with Gasteiger partial charge in [-0.05, 0) is 12.8 Å². The summed E-state index contributed by atoms with van der Waals surface area (Å²) in [6, 6.07) is 0. The third-order valence-corrected chi connectivity index (χ3v) is 3.53. The summed E-state index contributed by atoms with van der Waals surface area (Å²) >= 11 is 0. The molecule has 0 amide bonds. The summed E-state index contributed by atoms with van der Waals surface area (Å²) in [6.45, 7) is 2.21. The predicted molar refractivity (Wildman–Crippen MR) is 79.0 cm³/mol. The molecule has 2 aromatic heterocycles. The highest BCUT2D eigenvalue weighted by Gasteiger charge is 2.14. The largest absolute Gasteiger partial charge is 0.382 e. The van der Waals surface area contributed by atoms with Gasteiger partial charge in [-0.1, -0.05) is 39.0 Å². The van der Waals surface area contributed by atoms with Gasteiger partial charge in [0, 0.05) is 0 Å². The summed E-state index contributed by atoms with van der Waals surface area (Å²) in [6.07, 6.45) is 10.3. The fraction of sp³-hybridized carbons (Fsp3) is 0.643. The molecule has 0 bridgehead atoms. The number of rotatable bonds is 8. The molecule has 20 heavy (non-hydrogen) atoms. The fourth-order valence-corrected chi connectivity index (χ4v) is 2.37. The Bertz CT molecular complexity index is 539. The van der Waals surface area contributed by atoms with Crippen LogP contribution in [0.3, 0.4) is 0 Å². The lowest BCUT2D eigenvalue weighted by Gasteiger charge is -2.13. The molecule has 1 atom stereocenters. The highest BCUT2D eigenvalue weighted by atomic mass is 16.3. The maximum atomic E-state index is 10.2. The van der Waals surface area contributed by atoms with E-state index in [0.29, 0.717) is 23.4 Å². The van der Waals surface area contributed by atoms with Gasteiger partial charge in [-0.15, -0.1) is 0 Å². The van der Waals surface area contributed by atoms with Gasteiger partial charge in [-0.3, -0.25) is 4.57 Å². The van der Waals surface area contributed by atoms with Crippen LogP contribution in [0.15, 0.2) is 12.7 Å². The lowest BCUT2D eigenvalue weighted by Crippen LogP contribution is -2.08. The number of hydrogen-bond acceptors (Lipinski definition) is 5. The normalized spacial score (nSPS) is 12.9. The summed E-state index contributed by atoms with van der Waals surface area (Å²) in [5.41, 5.74) is 6.97. The number of fused-ring (bicyclic) bond motifs is 1. The molecular formula is C14H23N5O. The molecule has 0 aromatic carbocycles. The van der Waals surface area contributed by atoms with Gasteiger partial charge in [-0.2, -0.15) is 0 Å². The number of anilines is 1. The number of nitrogens with zero attached hydrogens (tertiary/aromatic N) is 4. The van der Waals surface area contributed by atoms with E-state index in [1.54, 1.807) is 10.9 Å². The Kier molecular flexibility index (Phi) is 5.29. The number of nitrogens with two attached hydrogens (primary N) is 1. The summed E-state index contributed by atoms with van der Waals surface area (Å²) < 4.78 is 1.66. The second-order valence-electron chi connectivity index (χ2n) is 5.12. The van der Waals surface area contributed by atoms with Crippen molar-refractivity contribution in [3.8, 4) is 0 Å². The third-order valence-electron chi connectivity index (χ3n) is 3.53. The minimum absolute atomic E-state index is 0.356. The maximum Gasteiger partial charge on any atom is 0.183 e. The molecule has 0 aliphatic carbocycles. The van der Waals surface area contributed by atoms with E-state index >= 15 is 0 Å². The fourth-order valence-electron chi connectivity index (χ4n) is 2.37. The van der Waals surface area contributed by atoms with Crippen LogP contribution in [0.5, 0.6) is 0 Å². The Morgan fingerprint density at radius 1 is 1.15 bits per heavy atom. The van der Waals surface area contributed by atoms with Crippen molar-refractivity contribution in [2.75, 3.05) is 5.73 Å². The zero-order chi connectivity index (χ0) is 14.4. The number of nitrogen functional groups attached to an aromatic ring is 1. The molecule has 0 fully saturated rings. The van der Waals surface area contributed by atoms with Crippen molar-refractivity contribution in [2.45, 2.75) is 58.1 Å². The predicted octanol–water partition coefficient (Wildman–Crippen LogP) is 2.65. The number of unbranched alkanes of at least 4 members (excludes halogenated alkanes) is 5. The highest BCUT2D eigenvalue weighted by molar-refractivity contribution is 5.81. The van der Waals surface area contributed by atoms with Gasteiger partial charge in [-0.25, -0.2) is 15.0 Å². The highest BCUT2D eigenvalue weighted by Crippen LogP contribution is 2.22. The smallest absolute Gasteiger partial charge is 0.183 e. The van der Waals surface area contributed by atoms with Crippen LogP contribution < -0.4 is 5.73 Å². The molecule has 3 N–H and O–H groups in total. The van der Waals surface area contributed by atoms with Gasteiger partial charge in [0.25, 0.3) is 0 Å². The Morgan fingerprint density at radius 2 is 1.90 bits per heavy atom. The number of aliphatic hydroxyl groups is 1. The van der Waals surface area contributed by atoms with Crippen molar-refractivity contribution in [3.05, 3.63) is 12.7 Å². The second-order valence-corrected chi connectivity index (χ2v) is 5.12. The minimum Gasteiger partial charge on any atom is -0.382 e. The summed E-state index contributed by atoms with van der Waals surface area (Å²) in [7, 11) is 0. The Morgan fingerprint density at radius 3 is 2.70 bits per heavy atom. The Hall–Kier alpha value is -1.69. The molecular weight excluding hydrogens is 254 g/mol. The van der Waals surface area contributed by atoms with Gasteiger partial charge >= 0.3 is 0 Å². The molecule has 1 unspecified atom stereocenters. The zero-order valence-corrected chi connectivity index (χ0v) is 12.0. The molecule has 0 aliphatic rings. The van der Waals surface area contributed by atoms with Crippen LogP contribution in [-0.2, 0) is 0 Å². The second kappa shape index (κ2) is 7.19. The minimum atomic E-state index is -0.612. The first-order chi connectivity index (χ1) is 9.74. The first-order valence-electron chi connectivity index (χ1n) is 7.35. The first-order valence-corrected chi connectivity index (χ1v) is 7.35. The number of imidazole rings is 1. The van der Waals surface area contributed by atoms with Crippen molar-refractivity contribution >= 4 is 17.0 Å². The van der Waals surface area contributed by atoms with E-state index < -0.39 is 6.23 Å². The Balaban J connectivity index is 1.90. The van der Waals surface area contributed by atoms with E-state index in [0.717, 1.165) is 12.8 Å². The molecule has 2 rings (SSSR count). The lowest BCUT2D eigenvalue weighted by molar-refractivity contribution is 0.0953. The van der Waals surface area contributed by atoms with Crippen LogP contribution in [0.2, 0.25) is 0 Å². The summed E-state index contributed by atoms with van der Waals surface area (Å²) in [5, 5.41) is 10.2. The van der Waals surface area contributed by atoms with Gasteiger partial charge in [0.15, 0.2) is 11.5 Å². The standard InChI is InChI=1S/C14H23N5O/c1-2-3-4-5-6-7-8-11(20)19-10-18-14-12(19)13(15)16-9-17-14/h9-11,20H,2-8H2,1H3,(H2,15,16,17). The van der Waals surface area contributed by atoms with E-state index in [4.69, 9.17) is 5.73 Å². The number of aliphatic hydroxyl groups excluding tert-OH is 1. The molecule has 0 saturated heterocycles. The van der Waals surface area contributed by atoms with E-state index in [1.807, 2.05) is 0 Å². The molecule has 0 aliphatic heterocycles. The monoisotopic (exact) mass is 277 g/mol. The molecule has 0 spiro atoms. The maximum absolute atomic E-state index is 10.2. The molecule has 0 radical (unpaired) electrons. The quantitative estimate of drug-likeness (QED) is 0.724. The van der Waals surface area contributed by atoms with Crippen LogP contribution in [0.1, 0.15) is 58.1 Å². The van der Waals surface area contributed by atoms with Crippen LogP contribution >= 0.6 is 0 Å². The SMILES string of the molecule is CCCCCCCCC(O)n1cnc2ncnc(N)c21. The molecule has 2 aromatic rings. The molecule has 6 nitrogen and oxygen atoms in total. The topological polar surface area (TPSA) is 89.8 Å². The van der Waals surface area contributed by atoms with E-state index in [1.165, 1.54) is 32.0 Å². The van der Waals surface area contributed by atoms with Crippen LogP contribution in [0.4, 0.5) is 5.82 Å². The zero-order valence-electron chi connectivity index (χ0n) is 12.0.